The van der Waals surface area contributed by atoms with Crippen molar-refractivity contribution in [2.24, 2.45) is 0 Å². The molecule has 2 aliphatic heterocycles. The van der Waals surface area contributed by atoms with Gasteiger partial charge in [-0.05, 0) is 45.1 Å². The maximum Gasteiger partial charge on any atom is 0.254 e. The molecule has 3 rings (SSSR count). The van der Waals surface area contributed by atoms with E-state index in [0.29, 0.717) is 31.9 Å². The zero-order chi connectivity index (χ0) is 17.2. The summed E-state index contributed by atoms with van der Waals surface area (Å²) in [6.45, 7) is 2.99. The fourth-order valence-corrected chi connectivity index (χ4v) is 3.55. The van der Waals surface area contributed by atoms with Gasteiger partial charge >= 0.3 is 0 Å². The number of carbonyl (C=O) groups excluding carboxylic acids is 1. The molecule has 2 heterocycles. The van der Waals surface area contributed by atoms with Crippen LogP contribution in [0, 0.1) is 0 Å². The van der Waals surface area contributed by atoms with Gasteiger partial charge in [0.2, 0.25) is 0 Å². The lowest BCUT2D eigenvalue weighted by atomic mass is 9.99. The predicted molar refractivity (Wildman–Crippen MR) is 90.2 cm³/mol. The number of hydrogen-bond donors (Lipinski definition) is 1. The number of amides is 1. The number of hydrogen-bond acceptors (Lipinski definition) is 5. The summed E-state index contributed by atoms with van der Waals surface area (Å²) in [6, 6.07) is 6.48. The molecule has 2 atom stereocenters. The van der Waals surface area contributed by atoms with E-state index in [1.165, 1.54) is 6.07 Å². The number of nitrogens with zero attached hydrogens (tertiary/aromatic N) is 2. The number of carbonyl (C=O) groups is 1. The highest BCUT2D eigenvalue weighted by Crippen LogP contribution is 2.33. The minimum absolute atomic E-state index is 0.0876. The molecule has 1 N–H and O–H groups in total. The SMILES string of the molecule is CN(C)C[C@@H]1CC[C@@]2(COCCN(C(=O)c3cccc(O)c3)C2)O1. The van der Waals surface area contributed by atoms with Crippen LogP contribution in [0.4, 0.5) is 0 Å². The zero-order valence-electron chi connectivity index (χ0n) is 14.4. The summed E-state index contributed by atoms with van der Waals surface area (Å²) in [6.07, 6.45) is 2.06. The summed E-state index contributed by atoms with van der Waals surface area (Å²) >= 11 is 0. The van der Waals surface area contributed by atoms with Gasteiger partial charge in [0.05, 0.1) is 25.9 Å². The average molecular weight is 334 g/mol. The van der Waals surface area contributed by atoms with Gasteiger partial charge < -0.3 is 24.4 Å². The van der Waals surface area contributed by atoms with Crippen molar-refractivity contribution < 1.29 is 19.4 Å². The minimum Gasteiger partial charge on any atom is -0.508 e. The largest absolute Gasteiger partial charge is 0.508 e. The predicted octanol–water partition coefficient (Wildman–Crippen LogP) is 1.34. The lowest BCUT2D eigenvalue weighted by Gasteiger charge is -2.32. The Kier molecular flexibility index (Phi) is 5.08. The second kappa shape index (κ2) is 7.09. The van der Waals surface area contributed by atoms with Crippen molar-refractivity contribution in [2.45, 2.75) is 24.5 Å². The highest BCUT2D eigenvalue weighted by atomic mass is 16.6. The van der Waals surface area contributed by atoms with E-state index in [1.807, 2.05) is 14.1 Å². The lowest BCUT2D eigenvalue weighted by Crippen LogP contribution is -2.47. The van der Waals surface area contributed by atoms with Crippen LogP contribution in [0.2, 0.25) is 0 Å². The molecular weight excluding hydrogens is 308 g/mol. The van der Waals surface area contributed by atoms with Crippen molar-refractivity contribution in [2.75, 3.05) is 46.9 Å². The monoisotopic (exact) mass is 334 g/mol. The van der Waals surface area contributed by atoms with Gasteiger partial charge in [-0.1, -0.05) is 6.07 Å². The third-order valence-corrected chi connectivity index (χ3v) is 4.64. The molecule has 0 aliphatic carbocycles. The molecular formula is C18H26N2O4. The standard InChI is InChI=1S/C18H26N2O4/c1-19(2)11-16-6-7-18(24-16)12-20(8-9-23-13-18)17(22)14-4-3-5-15(21)10-14/h3-5,10,16,21H,6-9,11-13H2,1-2H3/t16-,18+/m0/s1. The minimum atomic E-state index is -0.413. The van der Waals surface area contributed by atoms with Gasteiger partial charge in [-0.3, -0.25) is 4.79 Å². The van der Waals surface area contributed by atoms with Crippen LogP contribution < -0.4 is 0 Å². The Labute approximate surface area is 143 Å². The topological polar surface area (TPSA) is 62.2 Å². The molecule has 0 aromatic heterocycles. The zero-order valence-corrected chi connectivity index (χ0v) is 14.4. The summed E-state index contributed by atoms with van der Waals surface area (Å²) in [5, 5.41) is 9.61. The van der Waals surface area contributed by atoms with Crippen LogP contribution in [-0.2, 0) is 9.47 Å². The molecule has 0 bridgehead atoms. The van der Waals surface area contributed by atoms with Crippen molar-refractivity contribution in [3.05, 3.63) is 29.8 Å². The second-order valence-corrected chi connectivity index (χ2v) is 7.05. The van der Waals surface area contributed by atoms with E-state index < -0.39 is 5.60 Å². The lowest BCUT2D eigenvalue weighted by molar-refractivity contribution is -0.0878. The third kappa shape index (κ3) is 3.88. The average Bonchev–Trinajstić information content (AvgIpc) is 2.78. The van der Waals surface area contributed by atoms with Crippen LogP contribution >= 0.6 is 0 Å². The van der Waals surface area contributed by atoms with Crippen molar-refractivity contribution in [3.63, 3.8) is 0 Å². The van der Waals surface area contributed by atoms with Gasteiger partial charge in [0, 0.05) is 18.7 Å². The molecule has 1 spiro atoms. The highest BCUT2D eigenvalue weighted by molar-refractivity contribution is 5.94. The molecule has 1 amide bonds. The Bertz CT molecular complexity index is 592. The van der Waals surface area contributed by atoms with Gasteiger partial charge in [0.1, 0.15) is 11.4 Å². The Morgan fingerprint density at radius 2 is 2.29 bits per heavy atom. The van der Waals surface area contributed by atoms with E-state index >= 15 is 0 Å². The highest BCUT2D eigenvalue weighted by Gasteiger charge is 2.44. The summed E-state index contributed by atoms with van der Waals surface area (Å²) in [4.78, 5) is 16.7. The first-order valence-electron chi connectivity index (χ1n) is 8.46. The van der Waals surface area contributed by atoms with E-state index in [1.54, 1.807) is 23.1 Å². The Morgan fingerprint density at radius 3 is 3.04 bits per heavy atom. The van der Waals surface area contributed by atoms with Gasteiger partial charge in [-0.2, -0.15) is 0 Å². The molecule has 24 heavy (non-hydrogen) atoms. The summed E-state index contributed by atoms with van der Waals surface area (Å²) in [5.41, 5.74) is 0.0822. The normalized spacial score (nSPS) is 27.6. The fourth-order valence-electron chi connectivity index (χ4n) is 3.55. The van der Waals surface area contributed by atoms with E-state index in [4.69, 9.17) is 9.47 Å². The van der Waals surface area contributed by atoms with E-state index in [2.05, 4.69) is 4.90 Å². The third-order valence-electron chi connectivity index (χ3n) is 4.64. The Balaban J connectivity index is 1.72. The van der Waals surface area contributed by atoms with Crippen LogP contribution in [0.1, 0.15) is 23.2 Å². The Morgan fingerprint density at radius 1 is 1.46 bits per heavy atom. The number of phenols is 1. The molecule has 1 aromatic rings. The van der Waals surface area contributed by atoms with E-state index in [0.717, 1.165) is 19.4 Å². The molecule has 0 unspecified atom stereocenters. The van der Waals surface area contributed by atoms with Gasteiger partial charge in [0.25, 0.3) is 5.91 Å². The summed E-state index contributed by atoms with van der Waals surface area (Å²) in [5.74, 6) is 0.0141. The number of phenolic OH excluding ortho intramolecular Hbond substituents is 1. The van der Waals surface area contributed by atoms with Crippen LogP contribution in [0.5, 0.6) is 5.75 Å². The maximum absolute atomic E-state index is 12.8. The van der Waals surface area contributed by atoms with E-state index in [-0.39, 0.29) is 17.8 Å². The first-order valence-corrected chi connectivity index (χ1v) is 8.46. The van der Waals surface area contributed by atoms with Gasteiger partial charge in [0.15, 0.2) is 0 Å². The molecule has 0 saturated carbocycles. The smallest absolute Gasteiger partial charge is 0.254 e. The molecule has 2 aliphatic rings. The second-order valence-electron chi connectivity index (χ2n) is 7.05. The molecule has 1 aromatic carbocycles. The van der Waals surface area contributed by atoms with Gasteiger partial charge in [-0.15, -0.1) is 0 Å². The number of likely N-dealkylation sites (N-methyl/N-ethyl adjacent to an activating group) is 1. The van der Waals surface area contributed by atoms with Crippen LogP contribution in [0.15, 0.2) is 24.3 Å². The van der Waals surface area contributed by atoms with Crippen LogP contribution in [0.25, 0.3) is 0 Å². The number of benzene rings is 1. The number of ether oxygens (including phenoxy) is 2. The number of aromatic hydroxyl groups is 1. The van der Waals surface area contributed by atoms with Crippen molar-refractivity contribution in [1.82, 2.24) is 9.80 Å². The van der Waals surface area contributed by atoms with Crippen molar-refractivity contribution in [3.8, 4) is 5.75 Å². The molecule has 0 radical (unpaired) electrons. The summed E-state index contributed by atoms with van der Waals surface area (Å²) < 4.78 is 12.1. The molecule has 2 saturated heterocycles. The quantitative estimate of drug-likeness (QED) is 0.904. The fraction of sp³-hybridized carbons (Fsp3) is 0.611. The number of rotatable bonds is 3. The van der Waals surface area contributed by atoms with E-state index in [9.17, 15) is 9.90 Å². The molecule has 132 valence electrons. The van der Waals surface area contributed by atoms with Gasteiger partial charge in [-0.25, -0.2) is 0 Å². The molecule has 2 fully saturated rings. The molecule has 6 nitrogen and oxygen atoms in total. The van der Waals surface area contributed by atoms with Crippen LogP contribution in [-0.4, -0.2) is 79.5 Å². The van der Waals surface area contributed by atoms with Crippen molar-refractivity contribution >= 4 is 5.91 Å². The maximum atomic E-state index is 12.8. The Hall–Kier alpha value is -1.63. The summed E-state index contributed by atoms with van der Waals surface area (Å²) in [7, 11) is 4.07. The first-order chi connectivity index (χ1) is 11.5. The van der Waals surface area contributed by atoms with Crippen molar-refractivity contribution in [1.29, 1.82) is 0 Å². The van der Waals surface area contributed by atoms with Crippen LogP contribution in [0.3, 0.4) is 0 Å². The molecule has 6 heteroatoms. The first kappa shape index (κ1) is 17.2.